The summed E-state index contributed by atoms with van der Waals surface area (Å²) in [6.45, 7) is 4.70. The lowest BCUT2D eigenvalue weighted by molar-refractivity contribution is -0.133. The lowest BCUT2D eigenvalue weighted by atomic mass is 10.2. The molecule has 3 amide bonds. The van der Waals surface area contributed by atoms with Gasteiger partial charge in [-0.1, -0.05) is 30.3 Å². The minimum Gasteiger partial charge on any atom is -0.497 e. The maximum Gasteiger partial charge on any atom is 0.322 e. The van der Waals surface area contributed by atoms with E-state index in [1.807, 2.05) is 36.4 Å². The lowest BCUT2D eigenvalue weighted by Crippen LogP contribution is -2.48. The molecule has 4 rings (SSSR count). The molecule has 1 aliphatic heterocycles. The quantitative estimate of drug-likeness (QED) is 0.427. The fraction of sp³-hybridized carbons (Fsp3) is 0.357. The van der Waals surface area contributed by atoms with Crippen molar-refractivity contribution in [3.8, 4) is 5.75 Å². The first-order valence-electron chi connectivity index (χ1n) is 12.4. The van der Waals surface area contributed by atoms with Crippen LogP contribution < -0.4 is 10.1 Å². The summed E-state index contributed by atoms with van der Waals surface area (Å²) in [5.41, 5.74) is 1.64. The minimum atomic E-state index is -0.329. The molecule has 9 nitrogen and oxygen atoms in total. The van der Waals surface area contributed by atoms with Crippen molar-refractivity contribution in [1.29, 1.82) is 0 Å². The van der Waals surface area contributed by atoms with E-state index in [0.717, 1.165) is 18.7 Å². The molecule has 0 spiro atoms. The third-order valence-electron chi connectivity index (χ3n) is 6.24. The number of hydrogen-bond donors (Lipinski definition) is 1. The second kappa shape index (κ2) is 13.5. The van der Waals surface area contributed by atoms with E-state index in [0.29, 0.717) is 56.6 Å². The van der Waals surface area contributed by atoms with E-state index in [1.54, 1.807) is 53.5 Å². The van der Waals surface area contributed by atoms with Gasteiger partial charge < -0.3 is 29.0 Å². The van der Waals surface area contributed by atoms with Crippen molar-refractivity contribution in [2.75, 3.05) is 58.4 Å². The summed E-state index contributed by atoms with van der Waals surface area (Å²) in [7, 11) is 1.59. The summed E-state index contributed by atoms with van der Waals surface area (Å²) in [5, 5.41) is 2.92. The fourth-order valence-electron chi connectivity index (χ4n) is 4.11. The molecule has 1 saturated heterocycles. The van der Waals surface area contributed by atoms with Crippen molar-refractivity contribution < 1.29 is 23.5 Å². The van der Waals surface area contributed by atoms with Crippen LogP contribution in [-0.2, 0) is 22.6 Å². The van der Waals surface area contributed by atoms with Crippen molar-refractivity contribution in [2.24, 2.45) is 0 Å². The normalized spacial score (nSPS) is 13.6. The predicted molar refractivity (Wildman–Crippen MR) is 140 cm³/mol. The van der Waals surface area contributed by atoms with Crippen LogP contribution in [0.25, 0.3) is 0 Å². The van der Waals surface area contributed by atoms with Crippen LogP contribution in [0.1, 0.15) is 11.3 Å². The van der Waals surface area contributed by atoms with E-state index in [2.05, 4.69) is 10.2 Å². The molecule has 37 heavy (non-hydrogen) atoms. The predicted octanol–water partition coefficient (Wildman–Crippen LogP) is 3.68. The average Bonchev–Trinajstić information content (AvgIpc) is 3.45. The van der Waals surface area contributed by atoms with Gasteiger partial charge in [0.15, 0.2) is 0 Å². The number of carbonyl (C=O) groups is 2. The highest BCUT2D eigenvalue weighted by Gasteiger charge is 2.24. The summed E-state index contributed by atoms with van der Waals surface area (Å²) in [4.78, 5) is 32.4. The van der Waals surface area contributed by atoms with E-state index in [-0.39, 0.29) is 18.5 Å². The number of hydrogen-bond acceptors (Lipinski definition) is 6. The second-order valence-electron chi connectivity index (χ2n) is 8.85. The SMILES string of the molecule is COc1ccc(NC(=O)N(CCN2CCOCC2)CC(=O)N(Cc2ccccc2)Cc2ccco2)cc1. The summed E-state index contributed by atoms with van der Waals surface area (Å²) in [6.07, 6.45) is 1.59. The van der Waals surface area contributed by atoms with E-state index in [9.17, 15) is 9.59 Å². The van der Waals surface area contributed by atoms with Crippen LogP contribution in [0.15, 0.2) is 77.4 Å². The zero-order chi connectivity index (χ0) is 25.9. The zero-order valence-corrected chi connectivity index (χ0v) is 21.2. The molecule has 0 bridgehead atoms. The van der Waals surface area contributed by atoms with Gasteiger partial charge in [-0.15, -0.1) is 0 Å². The first kappa shape index (κ1) is 26.2. The van der Waals surface area contributed by atoms with Gasteiger partial charge in [0.1, 0.15) is 18.1 Å². The largest absolute Gasteiger partial charge is 0.497 e. The number of furan rings is 1. The average molecular weight is 507 g/mol. The summed E-state index contributed by atoms with van der Waals surface area (Å²) >= 11 is 0. The third-order valence-corrected chi connectivity index (χ3v) is 6.24. The number of methoxy groups -OCH3 is 1. The molecule has 196 valence electrons. The molecule has 0 unspecified atom stereocenters. The van der Waals surface area contributed by atoms with Gasteiger partial charge in [-0.25, -0.2) is 4.79 Å². The van der Waals surface area contributed by atoms with Gasteiger partial charge in [0.25, 0.3) is 0 Å². The summed E-state index contributed by atoms with van der Waals surface area (Å²) in [6, 6.07) is 20.2. The molecule has 0 aliphatic carbocycles. The number of nitrogens with zero attached hydrogens (tertiary/aromatic N) is 3. The van der Waals surface area contributed by atoms with Crippen LogP contribution >= 0.6 is 0 Å². The zero-order valence-electron chi connectivity index (χ0n) is 21.2. The van der Waals surface area contributed by atoms with Gasteiger partial charge in [-0.2, -0.15) is 0 Å². The molecule has 1 N–H and O–H groups in total. The number of carbonyl (C=O) groups excluding carboxylic acids is 2. The Hall–Kier alpha value is -3.82. The molecular formula is C28H34N4O5. The minimum absolute atomic E-state index is 0.0557. The van der Waals surface area contributed by atoms with Crippen molar-refractivity contribution in [3.05, 3.63) is 84.3 Å². The Morgan fingerprint density at radius 3 is 2.38 bits per heavy atom. The number of ether oxygens (including phenoxy) is 2. The van der Waals surface area contributed by atoms with Gasteiger partial charge in [0.2, 0.25) is 5.91 Å². The standard InChI is InChI=1S/C28H34N4O5/c1-35-25-11-9-24(10-12-25)29-28(34)31(14-13-30-15-18-36-19-16-30)22-27(33)32(21-26-8-5-17-37-26)20-23-6-3-2-4-7-23/h2-12,17H,13-16,18-22H2,1H3,(H,29,34). The molecule has 0 saturated carbocycles. The van der Waals surface area contributed by atoms with Crippen LogP contribution in [-0.4, -0.2) is 79.7 Å². The fourth-order valence-corrected chi connectivity index (χ4v) is 4.11. The van der Waals surface area contributed by atoms with Gasteiger partial charge in [0, 0.05) is 38.4 Å². The molecule has 9 heteroatoms. The van der Waals surface area contributed by atoms with E-state index >= 15 is 0 Å². The molecular weight excluding hydrogens is 472 g/mol. The van der Waals surface area contributed by atoms with Crippen molar-refractivity contribution in [3.63, 3.8) is 0 Å². The first-order chi connectivity index (χ1) is 18.1. The smallest absolute Gasteiger partial charge is 0.322 e. The van der Waals surface area contributed by atoms with E-state index < -0.39 is 0 Å². The Morgan fingerprint density at radius 1 is 0.946 bits per heavy atom. The van der Waals surface area contributed by atoms with Crippen LogP contribution in [0, 0.1) is 0 Å². The number of nitrogens with one attached hydrogen (secondary N) is 1. The van der Waals surface area contributed by atoms with Crippen LogP contribution in [0.2, 0.25) is 0 Å². The number of amides is 3. The highest BCUT2D eigenvalue weighted by molar-refractivity contribution is 5.92. The van der Waals surface area contributed by atoms with Crippen molar-refractivity contribution in [1.82, 2.24) is 14.7 Å². The topological polar surface area (TPSA) is 87.5 Å². The maximum atomic E-state index is 13.6. The van der Waals surface area contributed by atoms with Crippen molar-refractivity contribution >= 4 is 17.6 Å². The molecule has 0 radical (unpaired) electrons. The number of benzene rings is 2. The van der Waals surface area contributed by atoms with Gasteiger partial charge in [0.05, 0.1) is 33.1 Å². The Kier molecular flexibility index (Phi) is 9.56. The molecule has 2 heterocycles. The number of anilines is 1. The molecule has 1 aliphatic rings. The highest BCUT2D eigenvalue weighted by atomic mass is 16.5. The highest BCUT2D eigenvalue weighted by Crippen LogP contribution is 2.16. The Bertz CT molecular complexity index is 1100. The van der Waals surface area contributed by atoms with Crippen LogP contribution in [0.4, 0.5) is 10.5 Å². The number of morpholine rings is 1. The molecule has 0 atom stereocenters. The van der Waals surface area contributed by atoms with Gasteiger partial charge in [-0.05, 0) is 42.0 Å². The third kappa shape index (κ3) is 8.09. The van der Waals surface area contributed by atoms with Crippen LogP contribution in [0.5, 0.6) is 5.75 Å². The number of rotatable bonds is 11. The summed E-state index contributed by atoms with van der Waals surface area (Å²) < 4.78 is 16.2. The lowest BCUT2D eigenvalue weighted by Gasteiger charge is -2.31. The number of urea groups is 1. The Labute approximate surface area is 217 Å². The van der Waals surface area contributed by atoms with E-state index in [4.69, 9.17) is 13.9 Å². The van der Waals surface area contributed by atoms with E-state index in [1.165, 1.54) is 0 Å². The molecule has 2 aromatic carbocycles. The van der Waals surface area contributed by atoms with Crippen LogP contribution in [0.3, 0.4) is 0 Å². The molecule has 3 aromatic rings. The van der Waals surface area contributed by atoms with Crippen molar-refractivity contribution in [2.45, 2.75) is 13.1 Å². The monoisotopic (exact) mass is 506 g/mol. The summed E-state index contributed by atoms with van der Waals surface area (Å²) in [5.74, 6) is 1.23. The van der Waals surface area contributed by atoms with Gasteiger partial charge in [-0.3, -0.25) is 9.69 Å². The molecule has 1 fully saturated rings. The maximum absolute atomic E-state index is 13.6. The van der Waals surface area contributed by atoms with Gasteiger partial charge >= 0.3 is 6.03 Å². The molecule has 1 aromatic heterocycles. The first-order valence-corrected chi connectivity index (χ1v) is 12.4. The Balaban J connectivity index is 1.47. The second-order valence-corrected chi connectivity index (χ2v) is 8.85. The Morgan fingerprint density at radius 2 is 1.70 bits per heavy atom.